The first-order chi connectivity index (χ1) is 13.0. The molecule has 0 radical (unpaired) electrons. The molecule has 6 heteroatoms. The number of hydrogen-bond acceptors (Lipinski definition) is 6. The Bertz CT molecular complexity index is 448. The Kier molecular flexibility index (Phi) is 12.1. The van der Waals surface area contributed by atoms with Crippen LogP contribution >= 0.6 is 0 Å². The van der Waals surface area contributed by atoms with Crippen molar-refractivity contribution < 1.29 is 4.74 Å². The molecule has 0 aliphatic carbocycles. The molecule has 2 N–H and O–H groups in total. The largest absolute Gasteiger partial charge is 0.383 e. The Morgan fingerprint density at radius 2 is 1.59 bits per heavy atom. The number of guanidine groups is 2. The zero-order valence-electron chi connectivity index (χ0n) is 18.4. The molecule has 0 aromatic carbocycles. The van der Waals surface area contributed by atoms with Crippen LogP contribution in [-0.4, -0.2) is 56.3 Å². The third-order valence-corrected chi connectivity index (χ3v) is 4.81. The lowest BCUT2D eigenvalue weighted by Crippen LogP contribution is -2.53. The van der Waals surface area contributed by atoms with Crippen LogP contribution in [0.4, 0.5) is 0 Å². The Morgan fingerprint density at radius 1 is 1.00 bits per heavy atom. The standard InChI is InChI=1S/C21H43N5O/c1-6-7-8-9-10-11-12-13-14-15-16-22-19-23-20(25-21(2,3)24-19)26(4)17-18-27-5/h6-18H2,1-5H3,(H2,22,23,24,25). The summed E-state index contributed by atoms with van der Waals surface area (Å²) in [5.74, 6) is 1.58. The molecule has 27 heavy (non-hydrogen) atoms. The van der Waals surface area contributed by atoms with E-state index in [1.165, 1.54) is 64.2 Å². The van der Waals surface area contributed by atoms with E-state index in [9.17, 15) is 0 Å². The summed E-state index contributed by atoms with van der Waals surface area (Å²) in [7, 11) is 3.72. The molecule has 158 valence electrons. The molecule has 0 saturated carbocycles. The third-order valence-electron chi connectivity index (χ3n) is 4.81. The molecule has 0 fully saturated rings. The van der Waals surface area contributed by atoms with Crippen LogP contribution in [0.25, 0.3) is 0 Å². The van der Waals surface area contributed by atoms with Crippen LogP contribution in [0.15, 0.2) is 9.98 Å². The highest BCUT2D eigenvalue weighted by Crippen LogP contribution is 2.12. The Hall–Kier alpha value is -1.30. The summed E-state index contributed by atoms with van der Waals surface area (Å²) in [6.07, 6.45) is 13.6. The van der Waals surface area contributed by atoms with Crippen molar-refractivity contribution in [3.8, 4) is 0 Å². The van der Waals surface area contributed by atoms with Gasteiger partial charge >= 0.3 is 0 Å². The Balaban J connectivity index is 2.19. The predicted octanol–water partition coefficient (Wildman–Crippen LogP) is 4.13. The monoisotopic (exact) mass is 381 g/mol. The number of nitrogens with one attached hydrogen (secondary N) is 2. The number of methoxy groups -OCH3 is 1. The van der Waals surface area contributed by atoms with Crippen molar-refractivity contribution in [2.24, 2.45) is 9.98 Å². The molecule has 1 rings (SSSR count). The molecule has 0 bridgehead atoms. The molecule has 0 saturated heterocycles. The highest BCUT2D eigenvalue weighted by Gasteiger charge is 2.25. The van der Waals surface area contributed by atoms with E-state index in [4.69, 9.17) is 4.74 Å². The second kappa shape index (κ2) is 13.8. The fourth-order valence-corrected chi connectivity index (χ4v) is 3.12. The summed E-state index contributed by atoms with van der Waals surface area (Å²) in [5, 5.41) is 6.81. The van der Waals surface area contributed by atoms with Gasteiger partial charge in [0.1, 0.15) is 5.66 Å². The average Bonchev–Trinajstić information content (AvgIpc) is 2.63. The minimum absolute atomic E-state index is 0.349. The number of aliphatic imine (C=N–C) groups is 2. The van der Waals surface area contributed by atoms with Crippen molar-refractivity contribution >= 4 is 11.9 Å². The van der Waals surface area contributed by atoms with Gasteiger partial charge in [-0.3, -0.25) is 0 Å². The highest BCUT2D eigenvalue weighted by atomic mass is 16.5. The van der Waals surface area contributed by atoms with Crippen LogP contribution in [0.3, 0.4) is 0 Å². The first-order valence-electron chi connectivity index (χ1n) is 10.9. The maximum Gasteiger partial charge on any atom is 0.226 e. The van der Waals surface area contributed by atoms with Gasteiger partial charge in [0.05, 0.1) is 6.61 Å². The SMILES string of the molecule is CCCCCCCCCCCCNC1=NC(N(C)CCOC)=NC(C)(C)N1. The zero-order chi connectivity index (χ0) is 20.0. The van der Waals surface area contributed by atoms with Gasteiger partial charge in [-0.25, -0.2) is 4.99 Å². The molecular weight excluding hydrogens is 338 g/mol. The van der Waals surface area contributed by atoms with Gasteiger partial charge in [-0.15, -0.1) is 0 Å². The molecule has 1 aliphatic rings. The second-order valence-electron chi connectivity index (χ2n) is 8.08. The minimum atomic E-state index is -0.349. The van der Waals surface area contributed by atoms with Crippen molar-refractivity contribution in [3.05, 3.63) is 0 Å². The maximum absolute atomic E-state index is 5.15. The Labute approximate surface area is 167 Å². The first-order valence-corrected chi connectivity index (χ1v) is 10.9. The van der Waals surface area contributed by atoms with Crippen molar-refractivity contribution in [2.75, 3.05) is 33.9 Å². The van der Waals surface area contributed by atoms with E-state index < -0.39 is 0 Å². The topological polar surface area (TPSA) is 61.2 Å². The molecule has 0 aromatic rings. The number of hydrogen-bond donors (Lipinski definition) is 2. The number of nitrogens with zero attached hydrogens (tertiary/aromatic N) is 3. The average molecular weight is 382 g/mol. The maximum atomic E-state index is 5.15. The van der Waals surface area contributed by atoms with Crippen molar-refractivity contribution in [1.82, 2.24) is 15.5 Å². The Morgan fingerprint density at radius 3 is 2.19 bits per heavy atom. The van der Waals surface area contributed by atoms with Crippen molar-refractivity contribution in [2.45, 2.75) is 90.6 Å². The minimum Gasteiger partial charge on any atom is -0.383 e. The number of likely N-dealkylation sites (N-methyl/N-ethyl adjacent to an activating group) is 1. The fourth-order valence-electron chi connectivity index (χ4n) is 3.12. The van der Waals surface area contributed by atoms with E-state index in [0.717, 1.165) is 25.0 Å². The molecule has 0 spiro atoms. The van der Waals surface area contributed by atoms with Crippen LogP contribution < -0.4 is 10.6 Å². The fraction of sp³-hybridized carbons (Fsp3) is 0.905. The lowest BCUT2D eigenvalue weighted by molar-refractivity contribution is 0.182. The summed E-state index contributed by atoms with van der Waals surface area (Å²) < 4.78 is 5.15. The van der Waals surface area contributed by atoms with Crippen LogP contribution in [-0.2, 0) is 4.74 Å². The summed E-state index contributed by atoms with van der Waals surface area (Å²) in [6, 6.07) is 0. The molecular formula is C21H43N5O. The second-order valence-corrected chi connectivity index (χ2v) is 8.08. The van der Waals surface area contributed by atoms with Gasteiger partial charge in [0.2, 0.25) is 11.9 Å². The lowest BCUT2D eigenvalue weighted by Gasteiger charge is -2.31. The molecule has 1 aliphatic heterocycles. The van der Waals surface area contributed by atoms with Gasteiger partial charge < -0.3 is 20.3 Å². The number of unbranched alkanes of at least 4 members (excludes halogenated alkanes) is 9. The lowest BCUT2D eigenvalue weighted by atomic mass is 10.1. The van der Waals surface area contributed by atoms with Crippen LogP contribution in [0.1, 0.15) is 85.0 Å². The van der Waals surface area contributed by atoms with Crippen molar-refractivity contribution in [3.63, 3.8) is 0 Å². The third kappa shape index (κ3) is 11.2. The summed E-state index contributed by atoms with van der Waals surface area (Å²) >= 11 is 0. The van der Waals surface area contributed by atoms with Gasteiger partial charge in [-0.05, 0) is 20.3 Å². The van der Waals surface area contributed by atoms with Crippen LogP contribution in [0.2, 0.25) is 0 Å². The van der Waals surface area contributed by atoms with Gasteiger partial charge in [0.15, 0.2) is 0 Å². The van der Waals surface area contributed by atoms with E-state index >= 15 is 0 Å². The summed E-state index contributed by atoms with van der Waals surface area (Å²) in [5.41, 5.74) is -0.349. The summed E-state index contributed by atoms with van der Waals surface area (Å²) in [4.78, 5) is 11.3. The predicted molar refractivity (Wildman–Crippen MR) is 116 cm³/mol. The van der Waals surface area contributed by atoms with Gasteiger partial charge in [-0.2, -0.15) is 4.99 Å². The smallest absolute Gasteiger partial charge is 0.226 e. The molecule has 0 atom stereocenters. The van der Waals surface area contributed by atoms with E-state index in [-0.39, 0.29) is 5.66 Å². The van der Waals surface area contributed by atoms with E-state index in [1.54, 1.807) is 7.11 Å². The number of ether oxygens (including phenoxy) is 1. The van der Waals surface area contributed by atoms with Crippen LogP contribution in [0, 0.1) is 0 Å². The van der Waals surface area contributed by atoms with Gasteiger partial charge in [0, 0.05) is 27.2 Å². The van der Waals surface area contributed by atoms with Crippen molar-refractivity contribution in [1.29, 1.82) is 0 Å². The van der Waals surface area contributed by atoms with E-state index in [2.05, 4.69) is 41.4 Å². The molecule has 0 aromatic heterocycles. The van der Waals surface area contributed by atoms with Gasteiger partial charge in [0.25, 0.3) is 0 Å². The highest BCUT2D eigenvalue weighted by molar-refractivity contribution is 5.97. The quantitative estimate of drug-likeness (QED) is 0.444. The molecule has 6 nitrogen and oxygen atoms in total. The van der Waals surface area contributed by atoms with E-state index in [1.807, 2.05) is 11.9 Å². The normalized spacial score (nSPS) is 15.7. The zero-order valence-corrected chi connectivity index (χ0v) is 18.4. The molecule has 0 amide bonds. The summed E-state index contributed by atoms with van der Waals surface area (Å²) in [6.45, 7) is 8.80. The molecule has 1 heterocycles. The first kappa shape index (κ1) is 23.7. The van der Waals surface area contributed by atoms with E-state index in [0.29, 0.717) is 6.61 Å². The van der Waals surface area contributed by atoms with Crippen LogP contribution in [0.5, 0.6) is 0 Å². The number of rotatable bonds is 14. The van der Waals surface area contributed by atoms with Gasteiger partial charge in [-0.1, -0.05) is 64.7 Å². The molecule has 0 unspecified atom stereocenters.